The number of carbonyl (C=O) groups is 2. The molecule has 1 unspecified atom stereocenters. The number of nitrogens with zero attached hydrogens (tertiary/aromatic N) is 1. The van der Waals surface area contributed by atoms with Crippen molar-refractivity contribution in [3.05, 3.63) is 59.9 Å². The summed E-state index contributed by atoms with van der Waals surface area (Å²) < 4.78 is 14.2. The first-order chi connectivity index (χ1) is 12.3. The Morgan fingerprint density at radius 1 is 1.15 bits per heavy atom. The van der Waals surface area contributed by atoms with Crippen molar-refractivity contribution in [2.75, 3.05) is 16.0 Å². The Labute approximate surface area is 156 Å². The lowest BCUT2D eigenvalue weighted by molar-refractivity contribution is -0.123. The van der Waals surface area contributed by atoms with Gasteiger partial charge in [-0.2, -0.15) is 0 Å². The van der Waals surface area contributed by atoms with Crippen LogP contribution in [-0.2, 0) is 9.59 Å². The van der Waals surface area contributed by atoms with Crippen molar-refractivity contribution in [1.82, 2.24) is 0 Å². The van der Waals surface area contributed by atoms with Crippen LogP contribution in [0.2, 0.25) is 0 Å². The Kier molecular flexibility index (Phi) is 5.05. The van der Waals surface area contributed by atoms with Crippen molar-refractivity contribution in [1.29, 1.82) is 0 Å². The number of hydrogen-bond donors (Lipinski definition) is 1. The van der Waals surface area contributed by atoms with Gasteiger partial charge in [-0.25, -0.2) is 4.39 Å². The second-order valence-electron chi connectivity index (χ2n) is 7.20. The molecule has 1 atom stereocenters. The summed E-state index contributed by atoms with van der Waals surface area (Å²) >= 11 is 1.46. The maximum Gasteiger partial charge on any atom is 0.238 e. The Morgan fingerprint density at radius 2 is 1.81 bits per heavy atom. The van der Waals surface area contributed by atoms with Crippen molar-refractivity contribution in [2.24, 2.45) is 5.41 Å². The third-order valence-electron chi connectivity index (χ3n) is 4.11. The Hall–Kier alpha value is -2.34. The number of thioether (sulfide) groups is 1. The minimum Gasteiger partial charge on any atom is -0.326 e. The number of benzene rings is 2. The summed E-state index contributed by atoms with van der Waals surface area (Å²) in [5.74, 6) is -0.289. The van der Waals surface area contributed by atoms with Gasteiger partial charge in [0.1, 0.15) is 11.2 Å². The molecule has 1 N–H and O–H groups in total. The van der Waals surface area contributed by atoms with E-state index in [9.17, 15) is 14.0 Å². The van der Waals surface area contributed by atoms with Crippen LogP contribution in [0.25, 0.3) is 0 Å². The van der Waals surface area contributed by atoms with Gasteiger partial charge in [-0.15, -0.1) is 11.8 Å². The summed E-state index contributed by atoms with van der Waals surface area (Å²) in [7, 11) is 0. The van der Waals surface area contributed by atoms with Crippen molar-refractivity contribution in [3.8, 4) is 0 Å². The van der Waals surface area contributed by atoms with Gasteiger partial charge in [0, 0.05) is 11.1 Å². The van der Waals surface area contributed by atoms with Gasteiger partial charge in [-0.3, -0.25) is 14.5 Å². The summed E-state index contributed by atoms with van der Waals surface area (Å²) in [5.41, 5.74) is 1.39. The Balaban J connectivity index is 1.83. The number of rotatable bonds is 3. The quantitative estimate of drug-likeness (QED) is 0.857. The molecule has 0 spiro atoms. The standard InChI is InChI=1S/C20H21FN2O2S/c1-20(2,3)19(25)22-14-10-8-13(9-11-14)18-23(17(24)12-26-18)16-7-5-4-6-15(16)21/h4-11,18H,12H2,1-3H3,(H,22,25). The highest BCUT2D eigenvalue weighted by atomic mass is 32.2. The first-order valence-electron chi connectivity index (χ1n) is 8.37. The maximum atomic E-state index is 14.2. The minimum absolute atomic E-state index is 0.0661. The fourth-order valence-electron chi connectivity index (χ4n) is 2.63. The topological polar surface area (TPSA) is 49.4 Å². The van der Waals surface area contributed by atoms with Gasteiger partial charge in [0.05, 0.1) is 11.4 Å². The first kappa shape index (κ1) is 18.5. The smallest absolute Gasteiger partial charge is 0.238 e. The number of amides is 2. The molecule has 6 heteroatoms. The zero-order valence-corrected chi connectivity index (χ0v) is 15.8. The van der Waals surface area contributed by atoms with Crippen molar-refractivity contribution in [2.45, 2.75) is 26.1 Å². The van der Waals surface area contributed by atoms with Crippen LogP contribution in [0.4, 0.5) is 15.8 Å². The molecule has 26 heavy (non-hydrogen) atoms. The predicted octanol–water partition coefficient (Wildman–Crippen LogP) is 4.59. The van der Waals surface area contributed by atoms with Crippen LogP contribution in [0.3, 0.4) is 0 Å². The van der Waals surface area contributed by atoms with Crippen LogP contribution in [-0.4, -0.2) is 17.6 Å². The molecule has 0 saturated carbocycles. The van der Waals surface area contributed by atoms with E-state index < -0.39 is 11.2 Å². The molecule has 0 aromatic heterocycles. The highest BCUT2D eigenvalue weighted by Gasteiger charge is 2.35. The monoisotopic (exact) mass is 372 g/mol. The van der Waals surface area contributed by atoms with E-state index in [1.807, 2.05) is 45.0 Å². The highest BCUT2D eigenvalue weighted by Crippen LogP contribution is 2.42. The lowest BCUT2D eigenvalue weighted by Gasteiger charge is -2.25. The summed E-state index contributed by atoms with van der Waals surface area (Å²) in [6.45, 7) is 5.55. The normalized spacial score (nSPS) is 17.5. The van der Waals surface area contributed by atoms with Crippen LogP contribution in [0.1, 0.15) is 31.7 Å². The first-order valence-corrected chi connectivity index (χ1v) is 9.42. The lowest BCUT2D eigenvalue weighted by atomic mass is 9.95. The molecule has 2 amide bonds. The van der Waals surface area contributed by atoms with E-state index in [0.29, 0.717) is 11.4 Å². The maximum absolute atomic E-state index is 14.2. The minimum atomic E-state index is -0.478. The van der Waals surface area contributed by atoms with Crippen LogP contribution in [0, 0.1) is 11.2 Å². The van der Waals surface area contributed by atoms with Gasteiger partial charge in [0.15, 0.2) is 0 Å². The van der Waals surface area contributed by atoms with Crippen LogP contribution in [0.5, 0.6) is 0 Å². The zero-order chi connectivity index (χ0) is 18.9. The number of anilines is 2. The molecule has 1 saturated heterocycles. The molecule has 1 aliphatic rings. The van der Waals surface area contributed by atoms with Crippen molar-refractivity contribution < 1.29 is 14.0 Å². The number of halogens is 1. The third kappa shape index (κ3) is 3.75. The molecule has 1 aliphatic heterocycles. The van der Waals surface area contributed by atoms with E-state index in [2.05, 4.69) is 5.32 Å². The molecule has 1 heterocycles. The molecule has 0 radical (unpaired) electrons. The van der Waals surface area contributed by atoms with Crippen LogP contribution >= 0.6 is 11.8 Å². The average molecular weight is 372 g/mol. The van der Waals surface area contributed by atoms with Crippen LogP contribution < -0.4 is 10.2 Å². The van der Waals surface area contributed by atoms with Gasteiger partial charge >= 0.3 is 0 Å². The average Bonchev–Trinajstić information content (AvgIpc) is 2.96. The van der Waals surface area contributed by atoms with E-state index in [1.165, 1.54) is 22.7 Å². The number of hydrogen-bond acceptors (Lipinski definition) is 3. The molecular weight excluding hydrogens is 351 g/mol. The molecule has 3 rings (SSSR count). The highest BCUT2D eigenvalue weighted by molar-refractivity contribution is 8.00. The number of nitrogens with one attached hydrogen (secondary N) is 1. The van der Waals surface area contributed by atoms with Gasteiger partial charge in [0.2, 0.25) is 11.8 Å². The summed E-state index contributed by atoms with van der Waals surface area (Å²) in [6.07, 6.45) is 0. The molecule has 0 aliphatic carbocycles. The van der Waals surface area contributed by atoms with Gasteiger partial charge in [-0.1, -0.05) is 45.0 Å². The summed E-state index contributed by atoms with van der Waals surface area (Å²) in [4.78, 5) is 25.9. The number of carbonyl (C=O) groups excluding carboxylic acids is 2. The second kappa shape index (κ2) is 7.11. The largest absolute Gasteiger partial charge is 0.326 e. The van der Waals surface area contributed by atoms with E-state index in [-0.39, 0.29) is 22.9 Å². The zero-order valence-electron chi connectivity index (χ0n) is 15.0. The fraction of sp³-hybridized carbons (Fsp3) is 0.300. The molecule has 2 aromatic rings. The second-order valence-corrected chi connectivity index (χ2v) is 8.27. The summed E-state index contributed by atoms with van der Waals surface area (Å²) in [5, 5.41) is 2.59. The van der Waals surface area contributed by atoms with E-state index in [4.69, 9.17) is 0 Å². The van der Waals surface area contributed by atoms with Gasteiger partial charge in [-0.05, 0) is 29.8 Å². The van der Waals surface area contributed by atoms with E-state index in [0.717, 1.165) is 5.56 Å². The van der Waals surface area contributed by atoms with Crippen molar-refractivity contribution in [3.63, 3.8) is 0 Å². The van der Waals surface area contributed by atoms with E-state index in [1.54, 1.807) is 18.2 Å². The van der Waals surface area contributed by atoms with Gasteiger partial charge < -0.3 is 5.32 Å². The lowest BCUT2D eigenvalue weighted by Crippen LogP contribution is -2.29. The number of para-hydroxylation sites is 1. The molecule has 4 nitrogen and oxygen atoms in total. The third-order valence-corrected chi connectivity index (χ3v) is 5.33. The summed E-state index contributed by atoms with van der Waals surface area (Å²) in [6, 6.07) is 13.6. The fourth-order valence-corrected chi connectivity index (χ4v) is 3.80. The van der Waals surface area contributed by atoms with Crippen LogP contribution in [0.15, 0.2) is 48.5 Å². The van der Waals surface area contributed by atoms with Gasteiger partial charge in [0.25, 0.3) is 0 Å². The molecular formula is C20H21FN2O2S. The SMILES string of the molecule is CC(C)(C)C(=O)Nc1ccc(C2SCC(=O)N2c2ccccc2F)cc1. The molecule has 0 bridgehead atoms. The molecule has 2 aromatic carbocycles. The Morgan fingerprint density at radius 3 is 2.42 bits per heavy atom. The predicted molar refractivity (Wildman–Crippen MR) is 104 cm³/mol. The molecule has 136 valence electrons. The Bertz CT molecular complexity index is 830. The van der Waals surface area contributed by atoms with Crippen molar-refractivity contribution >= 4 is 35.0 Å². The molecule has 1 fully saturated rings. The van der Waals surface area contributed by atoms with E-state index >= 15 is 0 Å².